The average molecular weight is 408 g/mol. The molecule has 1 aliphatic carbocycles. The molecule has 30 heavy (non-hydrogen) atoms. The third-order valence-corrected chi connectivity index (χ3v) is 5.58. The third-order valence-electron chi connectivity index (χ3n) is 5.58. The van der Waals surface area contributed by atoms with Crippen molar-refractivity contribution in [3.8, 4) is 5.75 Å². The van der Waals surface area contributed by atoms with Crippen LogP contribution in [0.2, 0.25) is 0 Å². The van der Waals surface area contributed by atoms with Gasteiger partial charge in [-0.3, -0.25) is 14.9 Å². The van der Waals surface area contributed by atoms with Crippen LogP contribution in [-0.4, -0.2) is 17.6 Å². The van der Waals surface area contributed by atoms with Gasteiger partial charge in [-0.1, -0.05) is 18.2 Å². The number of carbonyl (C=O) groups excluding carboxylic acids is 1. The lowest BCUT2D eigenvalue weighted by Gasteiger charge is -2.20. The van der Waals surface area contributed by atoms with Crippen LogP contribution in [0.1, 0.15) is 53.6 Å². The summed E-state index contributed by atoms with van der Waals surface area (Å²) in [7, 11) is 0. The first-order chi connectivity index (χ1) is 14.5. The Balaban J connectivity index is 1.49. The topological polar surface area (TPSA) is 90.7 Å². The summed E-state index contributed by atoms with van der Waals surface area (Å²) in [4.78, 5) is 23.2. The van der Waals surface area contributed by atoms with Crippen LogP contribution in [0.5, 0.6) is 5.75 Å². The summed E-state index contributed by atoms with van der Waals surface area (Å²) in [6.07, 6.45) is 7.59. The van der Waals surface area contributed by atoms with Crippen molar-refractivity contribution in [3.05, 3.63) is 74.3 Å². The molecule has 1 heterocycles. The number of aryl methyl sites for hydroxylation is 2. The lowest BCUT2D eigenvalue weighted by Crippen LogP contribution is -2.25. The molecule has 2 aromatic rings. The highest BCUT2D eigenvalue weighted by atomic mass is 16.7. The van der Waals surface area contributed by atoms with Gasteiger partial charge in [-0.05, 0) is 55.4 Å². The first kappa shape index (κ1) is 20.1. The Bertz CT molecular complexity index is 1010. The van der Waals surface area contributed by atoms with Crippen molar-refractivity contribution >= 4 is 17.7 Å². The normalized spacial score (nSPS) is 16.3. The maximum Gasteiger partial charge on any atom is 0.270 e. The van der Waals surface area contributed by atoms with E-state index >= 15 is 0 Å². The standard InChI is InChI=1S/C23H24N2O5/c1-15(17-7-6-16-4-2-3-5-18(16)10-17)24-22(26)9-8-19-11-21(25(27)28)12-20-13-29-14-30-23(19)20/h6-12,15H,2-5,13-14H2,1H3,(H,24,26)/b9-8+/t15-/m1/s1. The van der Waals surface area contributed by atoms with Gasteiger partial charge in [-0.2, -0.15) is 0 Å². The molecule has 0 unspecified atom stereocenters. The van der Waals surface area contributed by atoms with Crippen LogP contribution in [0, 0.1) is 10.1 Å². The van der Waals surface area contributed by atoms with Gasteiger partial charge in [0.1, 0.15) is 5.75 Å². The van der Waals surface area contributed by atoms with Crippen molar-refractivity contribution in [2.45, 2.75) is 45.3 Å². The van der Waals surface area contributed by atoms with E-state index in [2.05, 4.69) is 23.5 Å². The number of fused-ring (bicyclic) bond motifs is 2. The minimum Gasteiger partial charge on any atom is -0.467 e. The van der Waals surface area contributed by atoms with Crippen molar-refractivity contribution in [3.63, 3.8) is 0 Å². The van der Waals surface area contributed by atoms with Gasteiger partial charge in [0, 0.05) is 29.3 Å². The largest absolute Gasteiger partial charge is 0.467 e. The fraction of sp³-hybridized carbons (Fsp3) is 0.348. The van der Waals surface area contributed by atoms with Gasteiger partial charge in [0.15, 0.2) is 6.79 Å². The highest BCUT2D eigenvalue weighted by Crippen LogP contribution is 2.33. The molecule has 0 saturated carbocycles. The number of nitrogens with one attached hydrogen (secondary N) is 1. The minimum atomic E-state index is -0.468. The molecule has 0 saturated heterocycles. The number of non-ortho nitro benzene ring substituents is 1. The molecule has 0 radical (unpaired) electrons. The molecule has 2 aliphatic rings. The molecule has 0 bridgehead atoms. The summed E-state index contributed by atoms with van der Waals surface area (Å²) in [5.74, 6) is 0.242. The van der Waals surface area contributed by atoms with E-state index in [-0.39, 0.29) is 31.0 Å². The lowest BCUT2D eigenvalue weighted by molar-refractivity contribution is -0.385. The monoisotopic (exact) mass is 408 g/mol. The van der Waals surface area contributed by atoms with Crippen LogP contribution < -0.4 is 10.1 Å². The van der Waals surface area contributed by atoms with E-state index < -0.39 is 4.92 Å². The number of nitro groups is 1. The second-order valence-corrected chi connectivity index (χ2v) is 7.69. The quantitative estimate of drug-likeness (QED) is 0.454. The second-order valence-electron chi connectivity index (χ2n) is 7.69. The van der Waals surface area contributed by atoms with Gasteiger partial charge in [-0.15, -0.1) is 0 Å². The first-order valence-electron chi connectivity index (χ1n) is 10.1. The summed E-state index contributed by atoms with van der Waals surface area (Å²) in [6.45, 7) is 2.26. The third kappa shape index (κ3) is 4.36. The van der Waals surface area contributed by atoms with Crippen LogP contribution in [0.4, 0.5) is 5.69 Å². The Labute approximate surface area is 174 Å². The zero-order valence-electron chi connectivity index (χ0n) is 16.8. The molecular weight excluding hydrogens is 384 g/mol. The van der Waals surface area contributed by atoms with E-state index in [1.165, 1.54) is 42.2 Å². The van der Waals surface area contributed by atoms with Gasteiger partial charge in [0.25, 0.3) is 5.69 Å². The molecule has 156 valence electrons. The molecule has 1 N–H and O–H groups in total. The van der Waals surface area contributed by atoms with E-state index in [9.17, 15) is 14.9 Å². The number of nitrogens with zero attached hydrogens (tertiary/aromatic N) is 1. The second kappa shape index (κ2) is 8.67. The van der Waals surface area contributed by atoms with Crippen LogP contribution in [0.15, 0.2) is 36.4 Å². The highest BCUT2D eigenvalue weighted by molar-refractivity contribution is 5.92. The fourth-order valence-corrected chi connectivity index (χ4v) is 3.99. The van der Waals surface area contributed by atoms with E-state index in [0.717, 1.165) is 18.4 Å². The Hall–Kier alpha value is -3.19. The molecule has 1 aliphatic heterocycles. The van der Waals surface area contributed by atoms with Crippen molar-refractivity contribution in [1.29, 1.82) is 0 Å². The maximum atomic E-state index is 12.5. The van der Waals surface area contributed by atoms with Gasteiger partial charge >= 0.3 is 0 Å². The van der Waals surface area contributed by atoms with Crippen LogP contribution in [0.25, 0.3) is 6.08 Å². The number of amides is 1. The molecule has 0 fully saturated rings. The van der Waals surface area contributed by atoms with Crippen molar-refractivity contribution in [1.82, 2.24) is 5.32 Å². The first-order valence-corrected chi connectivity index (χ1v) is 10.1. The van der Waals surface area contributed by atoms with E-state index in [1.54, 1.807) is 6.08 Å². The predicted octanol–water partition coefficient (Wildman–Crippen LogP) is 4.23. The van der Waals surface area contributed by atoms with E-state index in [4.69, 9.17) is 9.47 Å². The summed E-state index contributed by atoms with van der Waals surface area (Å²) < 4.78 is 10.7. The average Bonchev–Trinajstić information content (AvgIpc) is 2.76. The van der Waals surface area contributed by atoms with Crippen LogP contribution >= 0.6 is 0 Å². The van der Waals surface area contributed by atoms with Gasteiger partial charge in [0.2, 0.25) is 5.91 Å². The number of hydrogen-bond donors (Lipinski definition) is 1. The zero-order chi connectivity index (χ0) is 21.1. The molecule has 2 aromatic carbocycles. The van der Waals surface area contributed by atoms with Crippen LogP contribution in [-0.2, 0) is 29.0 Å². The smallest absolute Gasteiger partial charge is 0.270 e. The fourth-order valence-electron chi connectivity index (χ4n) is 3.99. The molecular formula is C23H24N2O5. The molecule has 7 nitrogen and oxygen atoms in total. The molecule has 1 atom stereocenters. The zero-order valence-corrected chi connectivity index (χ0v) is 16.8. The summed E-state index contributed by atoms with van der Waals surface area (Å²) in [5, 5.41) is 14.2. The molecule has 0 aromatic heterocycles. The van der Waals surface area contributed by atoms with Crippen molar-refractivity contribution in [2.75, 3.05) is 6.79 Å². The Morgan fingerprint density at radius 2 is 1.97 bits per heavy atom. The predicted molar refractivity (Wildman–Crippen MR) is 112 cm³/mol. The summed E-state index contributed by atoms with van der Waals surface area (Å²) >= 11 is 0. The Morgan fingerprint density at radius 1 is 1.17 bits per heavy atom. The van der Waals surface area contributed by atoms with Gasteiger partial charge in [0.05, 0.1) is 17.6 Å². The number of rotatable bonds is 5. The van der Waals surface area contributed by atoms with Gasteiger partial charge in [-0.25, -0.2) is 0 Å². The minimum absolute atomic E-state index is 0.0645. The summed E-state index contributed by atoms with van der Waals surface area (Å²) in [6, 6.07) is 9.12. The Kier molecular flexibility index (Phi) is 5.81. The molecule has 1 amide bonds. The number of hydrogen-bond acceptors (Lipinski definition) is 5. The Morgan fingerprint density at radius 3 is 2.77 bits per heavy atom. The van der Waals surface area contributed by atoms with Crippen molar-refractivity contribution in [2.24, 2.45) is 0 Å². The maximum absolute atomic E-state index is 12.5. The number of nitro benzene ring substituents is 1. The lowest BCUT2D eigenvalue weighted by atomic mass is 9.89. The highest BCUT2D eigenvalue weighted by Gasteiger charge is 2.20. The number of benzene rings is 2. The van der Waals surface area contributed by atoms with Gasteiger partial charge < -0.3 is 14.8 Å². The van der Waals surface area contributed by atoms with Crippen molar-refractivity contribution < 1.29 is 19.2 Å². The van der Waals surface area contributed by atoms with E-state index in [0.29, 0.717) is 16.9 Å². The number of carbonyl (C=O) groups is 1. The van der Waals surface area contributed by atoms with Crippen LogP contribution in [0.3, 0.4) is 0 Å². The molecule has 4 rings (SSSR count). The van der Waals surface area contributed by atoms with E-state index in [1.807, 2.05) is 6.92 Å². The molecule has 7 heteroatoms. The SMILES string of the molecule is C[C@@H](NC(=O)/C=C/c1cc([N+](=O)[O-])cc2c1OCOC2)c1ccc2c(c1)CCCC2. The number of ether oxygens (including phenoxy) is 2. The molecule has 0 spiro atoms. The summed E-state index contributed by atoms with van der Waals surface area (Å²) in [5.41, 5.74) is 4.87.